The molecule has 0 radical (unpaired) electrons. The molecule has 1 aliphatic carbocycles. The Balaban J connectivity index is 1.87. The number of carboxylic acids is 1. The van der Waals surface area contributed by atoms with E-state index in [2.05, 4.69) is 10.4 Å². The van der Waals surface area contributed by atoms with Gasteiger partial charge in [0.25, 0.3) is 0 Å². The fourth-order valence-corrected chi connectivity index (χ4v) is 3.85. The number of carboxylic acid groups (broad SMARTS) is 1. The number of alkyl halides is 3. The molecule has 8 heteroatoms. The van der Waals surface area contributed by atoms with Gasteiger partial charge in [-0.1, -0.05) is 24.3 Å². The average Bonchev–Trinajstić information content (AvgIpc) is 2.95. The Morgan fingerprint density at radius 3 is 2.79 bits per heavy atom. The number of aryl methyl sites for hydroxylation is 1. The monoisotopic (exact) mass is 336 g/mol. The molecule has 5 nitrogen and oxygen atoms in total. The third-order valence-corrected chi connectivity index (χ3v) is 4.82. The normalized spacial score (nSPS) is 25.2. The van der Waals surface area contributed by atoms with Crippen LogP contribution in [0.3, 0.4) is 0 Å². The summed E-state index contributed by atoms with van der Waals surface area (Å²) in [5.74, 6) is -2.29. The maximum Gasteiger partial charge on any atom is 0.411 e. The molecule has 1 aliphatic heterocycles. The topological polar surface area (TPSA) is 70.0 Å². The molecule has 0 unspecified atom stereocenters. The molecule has 0 saturated carbocycles. The van der Waals surface area contributed by atoms with Gasteiger partial charge >= 0.3 is 6.18 Å². The van der Waals surface area contributed by atoms with Gasteiger partial charge in [-0.25, -0.2) is 4.68 Å². The number of benzene rings is 1. The maximum absolute atomic E-state index is 13.7. The van der Waals surface area contributed by atoms with Crippen LogP contribution in [0, 0.1) is 5.92 Å². The van der Waals surface area contributed by atoms with E-state index in [4.69, 9.17) is 0 Å². The summed E-state index contributed by atoms with van der Waals surface area (Å²) in [6.45, 7) is 0. The number of hydrogen-bond donors (Lipinski definition) is 1. The molecule has 2 heterocycles. The highest BCUT2D eigenvalue weighted by Crippen LogP contribution is 2.51. The minimum absolute atomic E-state index is 0.0504. The maximum atomic E-state index is 13.7. The highest BCUT2D eigenvalue weighted by Gasteiger charge is 2.53. The summed E-state index contributed by atoms with van der Waals surface area (Å²) in [4.78, 5) is 11.0. The molecule has 2 aliphatic rings. The van der Waals surface area contributed by atoms with Gasteiger partial charge in [0.05, 0.1) is 12.0 Å². The highest BCUT2D eigenvalue weighted by molar-refractivity contribution is 5.84. The van der Waals surface area contributed by atoms with Crippen LogP contribution in [0.2, 0.25) is 0 Å². The minimum Gasteiger partial charge on any atom is -0.543 e. The zero-order valence-electron chi connectivity index (χ0n) is 12.4. The van der Waals surface area contributed by atoms with Crippen molar-refractivity contribution >= 4 is 11.8 Å². The largest absolute Gasteiger partial charge is 0.543 e. The number of fused-ring (bicyclic) bond motifs is 4. The molecule has 1 aromatic heterocycles. The number of aromatic carboxylic acids is 1. The number of halogens is 3. The third-order valence-electron chi connectivity index (χ3n) is 4.82. The predicted molar refractivity (Wildman–Crippen MR) is 76.3 cm³/mol. The quantitative estimate of drug-likeness (QED) is 0.866. The molecule has 0 amide bonds. The molecule has 2 aromatic rings. The van der Waals surface area contributed by atoms with Crippen LogP contribution in [0.4, 0.5) is 19.0 Å². The van der Waals surface area contributed by atoms with Crippen molar-refractivity contribution in [2.75, 3.05) is 5.32 Å². The molecule has 126 valence electrons. The van der Waals surface area contributed by atoms with Crippen molar-refractivity contribution in [3.05, 3.63) is 47.2 Å². The fraction of sp³-hybridized carbons (Fsp3) is 0.375. The Kier molecular flexibility index (Phi) is 3.13. The lowest BCUT2D eigenvalue weighted by Crippen LogP contribution is -2.45. The van der Waals surface area contributed by atoms with E-state index >= 15 is 0 Å². The zero-order chi connectivity index (χ0) is 17.1. The Hall–Kier alpha value is -2.51. The van der Waals surface area contributed by atoms with E-state index in [1.165, 1.54) is 0 Å². The number of carbonyl (C=O) groups excluding carboxylic acids is 1. The summed E-state index contributed by atoms with van der Waals surface area (Å²) in [7, 11) is 0. The number of aromatic nitrogens is 2. The lowest BCUT2D eigenvalue weighted by atomic mass is 9.75. The van der Waals surface area contributed by atoms with Gasteiger partial charge in [-0.05, 0) is 24.0 Å². The summed E-state index contributed by atoms with van der Waals surface area (Å²) in [5.41, 5.74) is 1.34. The van der Waals surface area contributed by atoms with Crippen LogP contribution in [0.25, 0.3) is 0 Å². The Labute approximate surface area is 135 Å². The molecular formula is C16H13F3N3O2-. The van der Waals surface area contributed by atoms with Crippen molar-refractivity contribution in [1.29, 1.82) is 0 Å². The molecule has 4 rings (SSSR count). The third kappa shape index (κ3) is 2.16. The molecular weight excluding hydrogens is 323 g/mol. The van der Waals surface area contributed by atoms with Crippen LogP contribution < -0.4 is 10.4 Å². The lowest BCUT2D eigenvalue weighted by molar-refractivity contribution is -0.255. The molecule has 0 saturated heterocycles. The Bertz CT molecular complexity index is 815. The first-order chi connectivity index (χ1) is 11.4. The zero-order valence-corrected chi connectivity index (χ0v) is 12.4. The van der Waals surface area contributed by atoms with Crippen LogP contribution in [0.15, 0.2) is 30.3 Å². The molecule has 1 N–H and O–H groups in total. The first kappa shape index (κ1) is 15.0. The van der Waals surface area contributed by atoms with Crippen molar-refractivity contribution < 1.29 is 23.1 Å². The van der Waals surface area contributed by atoms with Gasteiger partial charge < -0.3 is 15.2 Å². The number of anilines is 1. The van der Waals surface area contributed by atoms with Crippen LogP contribution >= 0.6 is 0 Å². The summed E-state index contributed by atoms with van der Waals surface area (Å²) in [6.07, 6.45) is -3.63. The van der Waals surface area contributed by atoms with E-state index in [9.17, 15) is 23.1 Å². The average molecular weight is 336 g/mol. The number of rotatable bonds is 1. The van der Waals surface area contributed by atoms with Crippen LogP contribution in [0.1, 0.15) is 40.1 Å². The van der Waals surface area contributed by atoms with Crippen LogP contribution in [0.5, 0.6) is 0 Å². The lowest BCUT2D eigenvalue weighted by Gasteiger charge is -2.43. The number of nitrogens with one attached hydrogen (secondary N) is 1. The number of nitrogens with zero attached hydrogens (tertiary/aromatic N) is 2. The van der Waals surface area contributed by atoms with Crippen molar-refractivity contribution in [2.24, 2.45) is 5.92 Å². The molecule has 1 aromatic carbocycles. The summed E-state index contributed by atoms with van der Waals surface area (Å²) < 4.78 is 41.9. The van der Waals surface area contributed by atoms with Gasteiger partial charge in [0.2, 0.25) is 0 Å². The Morgan fingerprint density at radius 2 is 2.08 bits per heavy atom. The molecule has 0 spiro atoms. The van der Waals surface area contributed by atoms with Gasteiger partial charge in [0.15, 0.2) is 6.04 Å². The van der Waals surface area contributed by atoms with Gasteiger partial charge in [0.1, 0.15) is 11.5 Å². The fourth-order valence-electron chi connectivity index (χ4n) is 3.85. The molecule has 3 atom stereocenters. The first-order valence-corrected chi connectivity index (χ1v) is 7.58. The smallest absolute Gasteiger partial charge is 0.411 e. The van der Waals surface area contributed by atoms with E-state index in [-0.39, 0.29) is 5.82 Å². The highest BCUT2D eigenvalue weighted by atomic mass is 19.4. The molecule has 0 fully saturated rings. The van der Waals surface area contributed by atoms with E-state index in [1.807, 2.05) is 18.2 Å². The predicted octanol–water partition coefficient (Wildman–Crippen LogP) is 2.08. The number of hydrogen-bond acceptors (Lipinski definition) is 4. The molecule has 0 bridgehead atoms. The van der Waals surface area contributed by atoms with E-state index in [1.54, 1.807) is 6.07 Å². The second kappa shape index (κ2) is 4.99. The summed E-state index contributed by atoms with van der Waals surface area (Å²) >= 11 is 0. The van der Waals surface area contributed by atoms with Gasteiger partial charge in [-0.3, -0.25) is 0 Å². The van der Waals surface area contributed by atoms with Crippen molar-refractivity contribution in [3.8, 4) is 0 Å². The SMILES string of the molecule is O=C([O-])c1cc2n(n1)[C@H](C(F)(F)F)[C@H]1CCc3ccccc3[C@H]1N2. The van der Waals surface area contributed by atoms with Gasteiger partial charge in [0, 0.05) is 12.0 Å². The Morgan fingerprint density at radius 1 is 1.33 bits per heavy atom. The van der Waals surface area contributed by atoms with E-state index < -0.39 is 35.8 Å². The second-order valence-corrected chi connectivity index (χ2v) is 6.16. The molecule has 24 heavy (non-hydrogen) atoms. The first-order valence-electron chi connectivity index (χ1n) is 7.58. The standard InChI is InChI=1S/C16H14F3N3O2/c17-16(18,19)14-10-6-5-8-3-1-2-4-9(8)13(10)20-12-7-11(15(23)24)21-22(12)14/h1-4,7,10,13-14,20H,5-6H2,(H,23,24)/p-1/t10-,13+,14-/m0/s1. The van der Waals surface area contributed by atoms with Crippen LogP contribution in [-0.4, -0.2) is 21.9 Å². The van der Waals surface area contributed by atoms with Crippen LogP contribution in [-0.2, 0) is 6.42 Å². The van der Waals surface area contributed by atoms with Crippen molar-refractivity contribution in [3.63, 3.8) is 0 Å². The number of carbonyl (C=O) groups is 1. The van der Waals surface area contributed by atoms with Gasteiger partial charge in [-0.15, -0.1) is 0 Å². The van der Waals surface area contributed by atoms with E-state index in [0.717, 1.165) is 21.9 Å². The summed E-state index contributed by atoms with van der Waals surface area (Å²) in [6, 6.07) is 6.10. The summed E-state index contributed by atoms with van der Waals surface area (Å²) in [5, 5.41) is 17.7. The minimum atomic E-state index is -4.53. The van der Waals surface area contributed by atoms with Gasteiger partial charge in [-0.2, -0.15) is 18.3 Å². The van der Waals surface area contributed by atoms with Crippen molar-refractivity contribution in [1.82, 2.24) is 9.78 Å². The van der Waals surface area contributed by atoms with E-state index in [0.29, 0.717) is 12.8 Å². The van der Waals surface area contributed by atoms with Crippen molar-refractivity contribution in [2.45, 2.75) is 31.1 Å². The second-order valence-electron chi connectivity index (χ2n) is 6.16.